The molecule has 5 fully saturated rings. The Bertz CT molecular complexity index is 1600. The largest absolute Gasteiger partial charge is 0.436 e. The lowest BCUT2D eigenvalue weighted by Gasteiger charge is -2.49. The molecule has 0 radical (unpaired) electrons. The first kappa shape index (κ1) is 33.6. The lowest BCUT2D eigenvalue weighted by atomic mass is 9.70. The highest BCUT2D eigenvalue weighted by molar-refractivity contribution is 6.33. The van der Waals surface area contributed by atoms with Gasteiger partial charge in [-0.3, -0.25) is 4.79 Å². The third-order valence-electron chi connectivity index (χ3n) is 11.8. The number of hydrogen-bond donors (Lipinski definition) is 2. The molecule has 260 valence electrons. The van der Waals surface area contributed by atoms with Gasteiger partial charge in [0, 0.05) is 63.0 Å². The number of para-hydroxylation sites is 1. The molecule has 0 spiro atoms. The molecule has 11 heteroatoms. The van der Waals surface area contributed by atoms with Gasteiger partial charge < -0.3 is 35.4 Å². The summed E-state index contributed by atoms with van der Waals surface area (Å²) in [6.07, 6.45) is 10.8. The number of amides is 4. The number of likely N-dealkylation sites (tertiary alicyclic amines) is 2. The number of anilines is 2. The maximum Gasteiger partial charge on any atom is 0.410 e. The number of nitrogen functional groups attached to an aromatic ring is 1. The average molecular weight is 687 g/mol. The van der Waals surface area contributed by atoms with E-state index in [1.165, 1.54) is 32.5 Å². The van der Waals surface area contributed by atoms with Crippen LogP contribution >= 0.6 is 11.6 Å². The van der Waals surface area contributed by atoms with Crippen molar-refractivity contribution in [3.05, 3.63) is 58.1 Å². The number of carbonyl (C=O) groups excluding carboxylic acids is 3. The van der Waals surface area contributed by atoms with Crippen LogP contribution in [0.3, 0.4) is 0 Å². The topological polar surface area (TPSA) is 111 Å². The number of urea groups is 1. The number of nitrogens with two attached hydrogens (primary N) is 1. The summed E-state index contributed by atoms with van der Waals surface area (Å²) in [6, 6.07) is 11.2. The molecule has 2 aromatic rings. The summed E-state index contributed by atoms with van der Waals surface area (Å²) in [5.74, 6) is 4.52. The number of ether oxygens (including phenoxy) is 1. The van der Waals surface area contributed by atoms with Crippen molar-refractivity contribution in [2.45, 2.75) is 63.5 Å². The van der Waals surface area contributed by atoms with Crippen molar-refractivity contribution in [1.82, 2.24) is 19.6 Å². The van der Waals surface area contributed by atoms with Crippen LogP contribution < -0.4 is 11.1 Å². The normalized spacial score (nSPS) is 25.2. The Hall–Kier alpha value is -3.94. The molecule has 1 unspecified atom stereocenters. The van der Waals surface area contributed by atoms with E-state index in [2.05, 4.69) is 16.1 Å². The van der Waals surface area contributed by atoms with Gasteiger partial charge in [0.1, 0.15) is 0 Å². The van der Waals surface area contributed by atoms with Crippen molar-refractivity contribution in [1.29, 1.82) is 0 Å². The molecule has 10 nitrogen and oxygen atoms in total. The van der Waals surface area contributed by atoms with Gasteiger partial charge in [0.2, 0.25) is 0 Å². The molecule has 2 aromatic carbocycles. The van der Waals surface area contributed by atoms with Gasteiger partial charge in [-0.05, 0) is 105 Å². The van der Waals surface area contributed by atoms with Gasteiger partial charge in [0.25, 0.3) is 5.91 Å². The van der Waals surface area contributed by atoms with Crippen molar-refractivity contribution in [2.24, 2.45) is 17.8 Å². The van der Waals surface area contributed by atoms with Crippen LogP contribution in [0.2, 0.25) is 5.02 Å². The summed E-state index contributed by atoms with van der Waals surface area (Å²) in [5, 5.41) is 3.36. The first-order valence-corrected chi connectivity index (χ1v) is 18.3. The molecule has 2 atom stereocenters. The SMILES string of the molecule is C#Cc1cc(C[C@@H](OC(=O)N2CCC(N3CCc4ccccc4NC3=O)CC2)C(=O)N2CCC(C3CN4CCC3CC4)CC2)cc(Cl)c1N. The number of piperidine rings is 5. The second-order valence-electron chi connectivity index (χ2n) is 14.5. The van der Waals surface area contributed by atoms with Crippen molar-refractivity contribution in [3.63, 3.8) is 0 Å². The molecule has 6 aliphatic heterocycles. The van der Waals surface area contributed by atoms with E-state index in [1.807, 2.05) is 34.1 Å². The zero-order chi connectivity index (χ0) is 34.1. The smallest absolute Gasteiger partial charge is 0.410 e. The van der Waals surface area contributed by atoms with E-state index < -0.39 is 12.2 Å². The van der Waals surface area contributed by atoms with Crippen LogP contribution in [0.5, 0.6) is 0 Å². The molecule has 2 bridgehead atoms. The van der Waals surface area contributed by atoms with Crippen LogP contribution in [-0.2, 0) is 22.4 Å². The highest BCUT2D eigenvalue weighted by Gasteiger charge is 2.41. The highest BCUT2D eigenvalue weighted by Crippen LogP contribution is 2.40. The van der Waals surface area contributed by atoms with Gasteiger partial charge in [-0.15, -0.1) is 6.42 Å². The van der Waals surface area contributed by atoms with E-state index >= 15 is 0 Å². The molecule has 4 amide bonds. The summed E-state index contributed by atoms with van der Waals surface area (Å²) in [7, 11) is 0. The maximum atomic E-state index is 14.1. The average Bonchev–Trinajstić information content (AvgIpc) is 3.31. The second-order valence-corrected chi connectivity index (χ2v) is 14.9. The number of nitrogens with zero attached hydrogens (tertiary/aromatic N) is 4. The minimum Gasteiger partial charge on any atom is -0.436 e. The fourth-order valence-electron chi connectivity index (χ4n) is 8.90. The molecule has 3 N–H and O–H groups in total. The molecule has 49 heavy (non-hydrogen) atoms. The predicted octanol–water partition coefficient (Wildman–Crippen LogP) is 5.09. The zero-order valence-electron chi connectivity index (χ0n) is 28.1. The Labute approximate surface area is 294 Å². The lowest BCUT2D eigenvalue weighted by Crippen LogP contribution is -2.53. The summed E-state index contributed by atoms with van der Waals surface area (Å²) in [4.78, 5) is 48.9. The zero-order valence-corrected chi connectivity index (χ0v) is 28.9. The molecule has 5 saturated heterocycles. The number of fused-ring (bicyclic) bond motifs is 4. The van der Waals surface area contributed by atoms with Crippen molar-refractivity contribution in [3.8, 4) is 12.3 Å². The van der Waals surface area contributed by atoms with Gasteiger partial charge in [0.15, 0.2) is 6.10 Å². The van der Waals surface area contributed by atoms with E-state index in [-0.39, 0.29) is 24.4 Å². The molecular weight excluding hydrogens is 640 g/mol. The standard InChI is InChI=1S/C38H47ClN6O4/c1-2-26-21-25(22-32(39)35(26)40)23-34(36(46)43-16-9-28(10-17-43)31-24-42-14-7-27(31)8-15-42)49-38(48)44-18-12-30(13-19-44)45-20-11-29-5-3-4-6-33(29)41-37(45)47/h1,3-6,21-22,27-28,30-31,34H,7-20,23-24,40H2,(H,41,47)/t31?,34-/m1/s1. The number of terminal acetylenes is 1. The van der Waals surface area contributed by atoms with E-state index in [1.54, 1.807) is 17.0 Å². The number of benzene rings is 2. The van der Waals surface area contributed by atoms with Gasteiger partial charge in [-0.25, -0.2) is 9.59 Å². The third kappa shape index (κ3) is 7.20. The number of rotatable bonds is 6. The van der Waals surface area contributed by atoms with Gasteiger partial charge >= 0.3 is 12.1 Å². The summed E-state index contributed by atoms with van der Waals surface area (Å²) >= 11 is 6.41. The third-order valence-corrected chi connectivity index (χ3v) is 12.1. The lowest BCUT2D eigenvalue weighted by molar-refractivity contribution is -0.143. The Morgan fingerprint density at radius 1 is 0.959 bits per heavy atom. The van der Waals surface area contributed by atoms with E-state index in [0.717, 1.165) is 36.4 Å². The first-order valence-electron chi connectivity index (χ1n) is 17.9. The fourth-order valence-corrected chi connectivity index (χ4v) is 9.14. The van der Waals surface area contributed by atoms with E-state index in [4.69, 9.17) is 28.5 Å². The molecule has 6 heterocycles. The summed E-state index contributed by atoms with van der Waals surface area (Å²) in [6.45, 7) is 6.44. The summed E-state index contributed by atoms with van der Waals surface area (Å²) < 4.78 is 6.07. The molecule has 8 rings (SSSR count). The number of hydrogen-bond acceptors (Lipinski definition) is 6. The molecule has 0 aliphatic carbocycles. The number of carbonyl (C=O) groups is 3. The number of nitrogens with one attached hydrogen (secondary N) is 1. The molecule has 0 aromatic heterocycles. The van der Waals surface area contributed by atoms with Crippen LogP contribution in [0.4, 0.5) is 21.0 Å². The minimum absolute atomic E-state index is 0.00682. The molecule has 0 saturated carbocycles. The van der Waals surface area contributed by atoms with Crippen LogP contribution in [-0.4, -0.2) is 102 Å². The molecular formula is C38H47ClN6O4. The first-order chi connectivity index (χ1) is 23.8. The Kier molecular flexibility index (Phi) is 9.93. The second kappa shape index (κ2) is 14.5. The van der Waals surface area contributed by atoms with Crippen LogP contribution in [0.25, 0.3) is 0 Å². The van der Waals surface area contributed by atoms with Gasteiger partial charge in [-0.2, -0.15) is 0 Å². The quantitative estimate of drug-likeness (QED) is 0.324. The molecule has 6 aliphatic rings. The summed E-state index contributed by atoms with van der Waals surface area (Å²) in [5.41, 5.74) is 9.50. The maximum absolute atomic E-state index is 14.1. The van der Waals surface area contributed by atoms with Gasteiger partial charge in [0.05, 0.1) is 10.7 Å². The van der Waals surface area contributed by atoms with Crippen LogP contribution in [0.15, 0.2) is 36.4 Å². The van der Waals surface area contributed by atoms with Crippen molar-refractivity contribution < 1.29 is 19.1 Å². The Morgan fingerprint density at radius 2 is 1.63 bits per heavy atom. The van der Waals surface area contributed by atoms with E-state index in [9.17, 15) is 14.4 Å². The van der Waals surface area contributed by atoms with Crippen LogP contribution in [0.1, 0.15) is 55.2 Å². The minimum atomic E-state index is -1.03. The van der Waals surface area contributed by atoms with Crippen molar-refractivity contribution in [2.75, 3.05) is 63.4 Å². The number of halogens is 1. The van der Waals surface area contributed by atoms with Gasteiger partial charge in [-0.1, -0.05) is 35.7 Å². The highest BCUT2D eigenvalue weighted by atomic mass is 35.5. The van der Waals surface area contributed by atoms with Crippen molar-refractivity contribution >= 4 is 41.0 Å². The van der Waals surface area contributed by atoms with Crippen LogP contribution in [0, 0.1) is 30.1 Å². The van der Waals surface area contributed by atoms with E-state index in [0.29, 0.717) is 79.2 Å². The monoisotopic (exact) mass is 686 g/mol. The fraction of sp³-hybridized carbons (Fsp3) is 0.553. The predicted molar refractivity (Wildman–Crippen MR) is 190 cm³/mol. The Balaban J connectivity index is 0.998. The Morgan fingerprint density at radius 3 is 2.33 bits per heavy atom.